The first kappa shape index (κ1) is 13.0. The van der Waals surface area contributed by atoms with Gasteiger partial charge in [0.1, 0.15) is 5.82 Å². The van der Waals surface area contributed by atoms with Gasteiger partial charge in [-0.25, -0.2) is 4.98 Å². The Kier molecular flexibility index (Phi) is 4.07. The van der Waals surface area contributed by atoms with Crippen molar-refractivity contribution in [2.24, 2.45) is 0 Å². The van der Waals surface area contributed by atoms with Crippen LogP contribution in [0.1, 0.15) is 29.0 Å². The highest BCUT2D eigenvalue weighted by Gasteiger charge is 2.12. The van der Waals surface area contributed by atoms with Crippen LogP contribution in [0.3, 0.4) is 0 Å². The molecule has 0 saturated heterocycles. The summed E-state index contributed by atoms with van der Waals surface area (Å²) in [6.07, 6.45) is 1.64. The highest BCUT2D eigenvalue weighted by Crippen LogP contribution is 2.11. The van der Waals surface area contributed by atoms with Gasteiger partial charge in [0, 0.05) is 12.7 Å². The quantitative estimate of drug-likeness (QED) is 0.838. The number of hydrogen-bond acceptors (Lipinski definition) is 6. The third-order valence-corrected chi connectivity index (χ3v) is 2.37. The summed E-state index contributed by atoms with van der Waals surface area (Å²) in [4.78, 5) is 20.2. The molecule has 2 heterocycles. The van der Waals surface area contributed by atoms with E-state index in [1.54, 1.807) is 25.3 Å². The van der Waals surface area contributed by atoms with Crippen LogP contribution in [0.2, 0.25) is 0 Å². The fraction of sp³-hybridized carbons (Fsp3) is 0.333. The number of nitrogens with zero attached hydrogens (tertiary/aromatic N) is 3. The minimum atomic E-state index is -0.236. The van der Waals surface area contributed by atoms with E-state index in [4.69, 9.17) is 4.52 Å². The lowest BCUT2D eigenvalue weighted by Crippen LogP contribution is -2.24. The third-order valence-electron chi connectivity index (χ3n) is 2.37. The van der Waals surface area contributed by atoms with E-state index in [0.29, 0.717) is 29.6 Å². The van der Waals surface area contributed by atoms with Crippen molar-refractivity contribution < 1.29 is 9.32 Å². The van der Waals surface area contributed by atoms with E-state index < -0.39 is 0 Å². The Morgan fingerprint density at radius 2 is 2.32 bits per heavy atom. The first-order valence-electron chi connectivity index (χ1n) is 5.97. The zero-order valence-electron chi connectivity index (χ0n) is 10.8. The zero-order chi connectivity index (χ0) is 13.7. The van der Waals surface area contributed by atoms with Gasteiger partial charge in [0.2, 0.25) is 5.89 Å². The molecular weight excluding hydrogens is 246 g/mol. The summed E-state index contributed by atoms with van der Waals surface area (Å²) < 4.78 is 4.92. The summed E-state index contributed by atoms with van der Waals surface area (Å²) in [5.74, 6) is 1.24. The Labute approximate surface area is 110 Å². The van der Waals surface area contributed by atoms with Crippen LogP contribution in [-0.4, -0.2) is 27.6 Å². The van der Waals surface area contributed by atoms with Gasteiger partial charge in [-0.3, -0.25) is 4.79 Å². The number of carbonyl (C=O) groups is 1. The van der Waals surface area contributed by atoms with E-state index in [1.807, 2.05) is 6.92 Å². The van der Waals surface area contributed by atoms with Crippen LogP contribution in [0.25, 0.3) is 0 Å². The minimum absolute atomic E-state index is 0.195. The van der Waals surface area contributed by atoms with Gasteiger partial charge in [-0.15, -0.1) is 0 Å². The fourth-order valence-electron chi connectivity index (χ4n) is 1.56. The first-order chi connectivity index (χ1) is 9.20. The van der Waals surface area contributed by atoms with Crippen LogP contribution < -0.4 is 10.6 Å². The van der Waals surface area contributed by atoms with Gasteiger partial charge in [0.25, 0.3) is 5.91 Å². The van der Waals surface area contributed by atoms with E-state index in [0.717, 1.165) is 0 Å². The SMILES string of the molecule is CCNc1ncccc1C(=O)NCc1nc(C)no1. The monoisotopic (exact) mass is 261 g/mol. The third kappa shape index (κ3) is 3.27. The zero-order valence-corrected chi connectivity index (χ0v) is 10.8. The molecule has 0 radical (unpaired) electrons. The van der Waals surface area contributed by atoms with Crippen molar-refractivity contribution in [2.75, 3.05) is 11.9 Å². The van der Waals surface area contributed by atoms with Crippen molar-refractivity contribution in [2.45, 2.75) is 20.4 Å². The second kappa shape index (κ2) is 5.94. The predicted molar refractivity (Wildman–Crippen MR) is 68.6 cm³/mol. The number of carbonyl (C=O) groups excluding carboxylic acids is 1. The molecule has 0 aromatic carbocycles. The Hall–Kier alpha value is -2.44. The topological polar surface area (TPSA) is 92.9 Å². The number of rotatable bonds is 5. The lowest BCUT2D eigenvalue weighted by Gasteiger charge is -2.08. The summed E-state index contributed by atoms with van der Waals surface area (Å²) in [5.41, 5.74) is 0.487. The molecule has 19 heavy (non-hydrogen) atoms. The molecule has 7 heteroatoms. The smallest absolute Gasteiger partial charge is 0.255 e. The van der Waals surface area contributed by atoms with Gasteiger partial charge in [-0.1, -0.05) is 5.16 Å². The molecule has 0 aliphatic carbocycles. The van der Waals surface area contributed by atoms with Crippen LogP contribution in [0.5, 0.6) is 0 Å². The summed E-state index contributed by atoms with van der Waals surface area (Å²) in [7, 11) is 0. The Bertz CT molecular complexity index is 567. The van der Waals surface area contributed by atoms with E-state index in [1.165, 1.54) is 0 Å². The van der Waals surface area contributed by atoms with E-state index in [-0.39, 0.29) is 12.5 Å². The van der Waals surface area contributed by atoms with Crippen molar-refractivity contribution in [1.82, 2.24) is 20.4 Å². The lowest BCUT2D eigenvalue weighted by atomic mass is 10.2. The Morgan fingerprint density at radius 3 is 3.00 bits per heavy atom. The van der Waals surface area contributed by atoms with E-state index in [2.05, 4.69) is 25.8 Å². The van der Waals surface area contributed by atoms with Crippen LogP contribution in [0.4, 0.5) is 5.82 Å². The highest BCUT2D eigenvalue weighted by molar-refractivity contribution is 5.98. The molecule has 100 valence electrons. The number of anilines is 1. The molecule has 2 aromatic rings. The second-order valence-corrected chi connectivity index (χ2v) is 3.85. The van der Waals surface area contributed by atoms with Crippen molar-refractivity contribution in [3.63, 3.8) is 0 Å². The Morgan fingerprint density at radius 1 is 1.47 bits per heavy atom. The van der Waals surface area contributed by atoms with Gasteiger partial charge < -0.3 is 15.2 Å². The average molecular weight is 261 g/mol. The number of aryl methyl sites for hydroxylation is 1. The maximum Gasteiger partial charge on any atom is 0.255 e. The molecule has 7 nitrogen and oxygen atoms in total. The van der Waals surface area contributed by atoms with Crippen LogP contribution in [-0.2, 0) is 6.54 Å². The van der Waals surface area contributed by atoms with Gasteiger partial charge in [0.05, 0.1) is 12.1 Å². The maximum atomic E-state index is 12.0. The molecule has 0 atom stereocenters. The van der Waals surface area contributed by atoms with E-state index >= 15 is 0 Å². The lowest BCUT2D eigenvalue weighted by molar-refractivity contribution is 0.0947. The predicted octanol–water partition coefficient (Wildman–Crippen LogP) is 1.13. The molecule has 2 rings (SSSR count). The second-order valence-electron chi connectivity index (χ2n) is 3.85. The molecule has 0 fully saturated rings. The van der Waals surface area contributed by atoms with Gasteiger partial charge >= 0.3 is 0 Å². The minimum Gasteiger partial charge on any atom is -0.370 e. The van der Waals surface area contributed by atoms with Gasteiger partial charge in [-0.05, 0) is 26.0 Å². The molecule has 2 N–H and O–H groups in total. The van der Waals surface area contributed by atoms with Crippen molar-refractivity contribution in [3.05, 3.63) is 35.6 Å². The highest BCUT2D eigenvalue weighted by atomic mass is 16.5. The molecule has 0 bridgehead atoms. The number of amides is 1. The number of hydrogen-bond donors (Lipinski definition) is 2. The van der Waals surface area contributed by atoms with Gasteiger partial charge in [0.15, 0.2) is 5.82 Å². The van der Waals surface area contributed by atoms with Crippen LogP contribution >= 0.6 is 0 Å². The van der Waals surface area contributed by atoms with Crippen molar-refractivity contribution >= 4 is 11.7 Å². The average Bonchev–Trinajstić information content (AvgIpc) is 2.83. The normalized spacial score (nSPS) is 10.2. The number of aromatic nitrogens is 3. The van der Waals surface area contributed by atoms with Crippen molar-refractivity contribution in [1.29, 1.82) is 0 Å². The molecule has 0 unspecified atom stereocenters. The maximum absolute atomic E-state index is 12.0. The van der Waals surface area contributed by atoms with E-state index in [9.17, 15) is 4.79 Å². The van der Waals surface area contributed by atoms with Crippen LogP contribution in [0, 0.1) is 6.92 Å². The molecule has 0 spiro atoms. The molecule has 0 saturated carbocycles. The fourth-order valence-corrected chi connectivity index (χ4v) is 1.56. The summed E-state index contributed by atoms with van der Waals surface area (Å²) >= 11 is 0. The standard InChI is InChI=1S/C12H15N5O2/c1-3-13-11-9(5-4-6-14-11)12(18)15-7-10-16-8(2)17-19-10/h4-6H,3,7H2,1-2H3,(H,13,14)(H,15,18). The molecule has 1 amide bonds. The Balaban J connectivity index is 2.03. The number of nitrogens with one attached hydrogen (secondary N) is 2. The van der Waals surface area contributed by atoms with Crippen LogP contribution in [0.15, 0.2) is 22.9 Å². The van der Waals surface area contributed by atoms with Gasteiger partial charge in [-0.2, -0.15) is 4.98 Å². The number of pyridine rings is 1. The molecule has 2 aromatic heterocycles. The molecule has 0 aliphatic rings. The summed E-state index contributed by atoms with van der Waals surface area (Å²) in [5, 5.41) is 9.40. The largest absolute Gasteiger partial charge is 0.370 e. The summed E-state index contributed by atoms with van der Waals surface area (Å²) in [6, 6.07) is 3.42. The van der Waals surface area contributed by atoms with Crippen molar-refractivity contribution in [3.8, 4) is 0 Å². The molecule has 0 aliphatic heterocycles. The summed E-state index contributed by atoms with van der Waals surface area (Å²) in [6.45, 7) is 4.55. The molecular formula is C12H15N5O2. The first-order valence-corrected chi connectivity index (χ1v) is 5.97.